The molecule has 11 heteroatoms. The predicted octanol–water partition coefficient (Wildman–Crippen LogP) is 4.56. The highest BCUT2D eigenvalue weighted by atomic mass is 35.5. The zero-order valence-corrected chi connectivity index (χ0v) is 21.6. The molecule has 2 aromatic carbocycles. The van der Waals surface area contributed by atoms with Crippen LogP contribution in [0, 0.1) is 28.9 Å². The van der Waals surface area contributed by atoms with Crippen LogP contribution in [-0.4, -0.2) is 38.9 Å². The molecule has 0 aliphatic heterocycles. The Bertz CT molecular complexity index is 1160. The summed E-state index contributed by atoms with van der Waals surface area (Å²) in [6, 6.07) is 7.81. The molecule has 0 saturated heterocycles. The number of carbonyl (C=O) groups is 1. The lowest BCUT2D eigenvalue weighted by atomic mass is 9.93. The second-order valence-electron chi connectivity index (χ2n) is 8.61. The van der Waals surface area contributed by atoms with Crippen molar-refractivity contribution in [2.24, 2.45) is 11.8 Å². The molecule has 1 N–H and O–H groups in total. The molecule has 0 bridgehead atoms. The fourth-order valence-corrected chi connectivity index (χ4v) is 5.31. The molecule has 1 amide bonds. The Morgan fingerprint density at radius 2 is 1.76 bits per heavy atom. The Balaban J connectivity index is 2.62. The molecule has 186 valence electrons. The number of nitrogens with one attached hydrogen (secondary N) is 1. The number of anilines is 1. The normalized spacial score (nSPS) is 11.7. The van der Waals surface area contributed by atoms with Gasteiger partial charge >= 0.3 is 0 Å². The van der Waals surface area contributed by atoms with E-state index in [0.717, 1.165) is 10.4 Å². The Morgan fingerprint density at radius 3 is 2.29 bits per heavy atom. The number of aryl methyl sites for hydroxylation is 1. The third kappa shape index (κ3) is 6.18. The van der Waals surface area contributed by atoms with Crippen molar-refractivity contribution in [1.29, 1.82) is 0 Å². The van der Waals surface area contributed by atoms with Gasteiger partial charge in [-0.05, 0) is 43.0 Å². The Morgan fingerprint density at radius 1 is 1.15 bits per heavy atom. The number of hydrogen-bond acceptors (Lipinski definition) is 6. The molecule has 2 rings (SSSR count). The van der Waals surface area contributed by atoms with Crippen LogP contribution in [0.15, 0.2) is 41.3 Å². The van der Waals surface area contributed by atoms with Crippen LogP contribution in [0.3, 0.4) is 0 Å². The van der Waals surface area contributed by atoms with E-state index in [-0.39, 0.29) is 44.9 Å². The molecule has 0 atom stereocenters. The number of methoxy groups -OCH3 is 1. The molecule has 0 aromatic heterocycles. The Labute approximate surface area is 205 Å². The van der Waals surface area contributed by atoms with Crippen molar-refractivity contribution in [3.8, 4) is 5.75 Å². The van der Waals surface area contributed by atoms with E-state index in [4.69, 9.17) is 16.3 Å². The van der Waals surface area contributed by atoms with Crippen LogP contribution in [0.5, 0.6) is 5.75 Å². The molecule has 0 heterocycles. The van der Waals surface area contributed by atoms with Gasteiger partial charge in [-0.1, -0.05) is 45.4 Å². The fourth-order valence-electron chi connectivity index (χ4n) is 3.70. The zero-order chi connectivity index (χ0) is 25.8. The minimum Gasteiger partial charge on any atom is -0.495 e. The van der Waals surface area contributed by atoms with Gasteiger partial charge in [0.15, 0.2) is 0 Å². The van der Waals surface area contributed by atoms with Gasteiger partial charge in [-0.3, -0.25) is 19.2 Å². The summed E-state index contributed by atoms with van der Waals surface area (Å²) in [4.78, 5) is 23.5. The number of halogens is 1. The lowest BCUT2D eigenvalue weighted by Crippen LogP contribution is -2.48. The van der Waals surface area contributed by atoms with Crippen molar-refractivity contribution >= 4 is 38.9 Å². The number of nitro benzene ring substituents is 1. The number of nitro groups is 1. The first-order valence-electron chi connectivity index (χ1n) is 10.7. The molecule has 34 heavy (non-hydrogen) atoms. The second-order valence-corrected chi connectivity index (χ2v) is 10.9. The van der Waals surface area contributed by atoms with Crippen molar-refractivity contribution in [3.05, 3.63) is 57.1 Å². The van der Waals surface area contributed by atoms with Gasteiger partial charge in [-0.15, -0.1) is 0 Å². The van der Waals surface area contributed by atoms with Gasteiger partial charge in [0.25, 0.3) is 15.7 Å². The summed E-state index contributed by atoms with van der Waals surface area (Å²) in [5.74, 6) is -0.116. The number of benzene rings is 2. The van der Waals surface area contributed by atoms with E-state index in [1.807, 2.05) is 27.7 Å². The summed E-state index contributed by atoms with van der Waals surface area (Å²) in [7, 11) is -3.06. The standard InChI is InChI=1S/C23H30ClN3O6S/c1-14(2)23(15(3)4)25-22(28)13-26(20-11-17(24)8-10-21(20)33-6)34(31,32)18-9-7-16(5)19(12-18)27(29)30/h7-12,14-15,23H,13H2,1-6H3,(H,25,28). The van der Waals surface area contributed by atoms with Gasteiger partial charge in [0.2, 0.25) is 5.91 Å². The van der Waals surface area contributed by atoms with E-state index >= 15 is 0 Å². The van der Waals surface area contributed by atoms with Crippen molar-refractivity contribution in [1.82, 2.24) is 5.32 Å². The molecule has 0 aliphatic carbocycles. The highest BCUT2D eigenvalue weighted by Gasteiger charge is 2.32. The van der Waals surface area contributed by atoms with Crippen LogP contribution in [-0.2, 0) is 14.8 Å². The zero-order valence-electron chi connectivity index (χ0n) is 20.0. The third-order valence-electron chi connectivity index (χ3n) is 5.43. The molecule has 9 nitrogen and oxygen atoms in total. The van der Waals surface area contributed by atoms with Crippen molar-refractivity contribution in [2.45, 2.75) is 45.6 Å². The van der Waals surface area contributed by atoms with Gasteiger partial charge in [-0.2, -0.15) is 0 Å². The molecule has 0 saturated carbocycles. The molecular formula is C23H30ClN3O6S. The Hall–Kier alpha value is -2.85. The molecular weight excluding hydrogens is 482 g/mol. The first-order chi connectivity index (χ1) is 15.8. The van der Waals surface area contributed by atoms with Crippen LogP contribution in [0.4, 0.5) is 11.4 Å². The summed E-state index contributed by atoms with van der Waals surface area (Å²) >= 11 is 6.14. The fraction of sp³-hybridized carbons (Fsp3) is 0.435. The number of rotatable bonds is 10. The average Bonchev–Trinajstić information content (AvgIpc) is 2.75. The molecule has 0 unspecified atom stereocenters. The van der Waals surface area contributed by atoms with Gasteiger partial charge in [0, 0.05) is 22.7 Å². The summed E-state index contributed by atoms with van der Waals surface area (Å²) in [6.45, 7) is 8.79. The predicted molar refractivity (Wildman–Crippen MR) is 132 cm³/mol. The first kappa shape index (κ1) is 27.4. The number of hydrogen-bond donors (Lipinski definition) is 1. The monoisotopic (exact) mass is 511 g/mol. The van der Waals surface area contributed by atoms with E-state index < -0.39 is 27.4 Å². The van der Waals surface area contributed by atoms with E-state index in [1.165, 1.54) is 44.4 Å². The summed E-state index contributed by atoms with van der Waals surface area (Å²) < 4.78 is 33.6. The number of ether oxygens (including phenoxy) is 1. The van der Waals surface area contributed by atoms with Crippen molar-refractivity contribution in [2.75, 3.05) is 18.0 Å². The van der Waals surface area contributed by atoms with Crippen molar-refractivity contribution < 1.29 is 22.9 Å². The third-order valence-corrected chi connectivity index (χ3v) is 7.42. The van der Waals surface area contributed by atoms with Crippen LogP contribution >= 0.6 is 11.6 Å². The van der Waals surface area contributed by atoms with Gasteiger partial charge in [0.05, 0.1) is 22.6 Å². The SMILES string of the molecule is COc1ccc(Cl)cc1N(CC(=O)NC(C(C)C)C(C)C)S(=O)(=O)c1ccc(C)c([N+](=O)[O-])c1. The smallest absolute Gasteiger partial charge is 0.273 e. The summed E-state index contributed by atoms with van der Waals surface area (Å²) in [5, 5.41) is 14.5. The maximum atomic E-state index is 13.7. The van der Waals surface area contributed by atoms with Gasteiger partial charge in [-0.25, -0.2) is 8.42 Å². The van der Waals surface area contributed by atoms with Crippen LogP contribution in [0.1, 0.15) is 33.3 Å². The number of sulfonamides is 1. The number of carbonyl (C=O) groups excluding carboxylic acids is 1. The maximum absolute atomic E-state index is 13.7. The highest BCUT2D eigenvalue weighted by molar-refractivity contribution is 7.92. The largest absolute Gasteiger partial charge is 0.495 e. The van der Waals surface area contributed by atoms with Gasteiger partial charge in [0.1, 0.15) is 12.3 Å². The lowest BCUT2D eigenvalue weighted by molar-refractivity contribution is -0.385. The van der Waals surface area contributed by atoms with E-state index in [9.17, 15) is 23.3 Å². The average molecular weight is 512 g/mol. The number of nitrogens with zero attached hydrogens (tertiary/aromatic N) is 2. The summed E-state index contributed by atoms with van der Waals surface area (Å²) in [6.07, 6.45) is 0. The molecule has 0 spiro atoms. The van der Waals surface area contributed by atoms with E-state index in [1.54, 1.807) is 0 Å². The maximum Gasteiger partial charge on any atom is 0.273 e. The molecule has 0 radical (unpaired) electrons. The second kappa shape index (κ2) is 11.1. The van der Waals surface area contributed by atoms with E-state index in [0.29, 0.717) is 5.56 Å². The van der Waals surface area contributed by atoms with Crippen LogP contribution < -0.4 is 14.4 Å². The lowest BCUT2D eigenvalue weighted by Gasteiger charge is -2.29. The van der Waals surface area contributed by atoms with Crippen molar-refractivity contribution in [3.63, 3.8) is 0 Å². The Kier molecular flexibility index (Phi) is 8.90. The first-order valence-corrected chi connectivity index (χ1v) is 12.5. The highest BCUT2D eigenvalue weighted by Crippen LogP contribution is 2.35. The van der Waals surface area contributed by atoms with Gasteiger partial charge < -0.3 is 10.1 Å². The minimum absolute atomic E-state index is 0.0408. The molecule has 2 aromatic rings. The van der Waals surface area contributed by atoms with Crippen LogP contribution in [0.25, 0.3) is 0 Å². The van der Waals surface area contributed by atoms with Crippen LogP contribution in [0.2, 0.25) is 5.02 Å². The quantitative estimate of drug-likeness (QED) is 0.369. The molecule has 0 fully saturated rings. The number of amides is 1. The summed E-state index contributed by atoms with van der Waals surface area (Å²) in [5.41, 5.74) is 0.00697. The molecule has 0 aliphatic rings. The minimum atomic E-state index is -4.42. The van der Waals surface area contributed by atoms with E-state index in [2.05, 4.69) is 5.32 Å². The topological polar surface area (TPSA) is 119 Å².